The third-order valence-corrected chi connectivity index (χ3v) is 14.2. The molecule has 0 spiro atoms. The summed E-state index contributed by atoms with van der Waals surface area (Å²) >= 11 is 0.125. The van der Waals surface area contributed by atoms with Crippen molar-refractivity contribution < 1.29 is 27.6 Å². The Kier molecular flexibility index (Phi) is 16.7. The van der Waals surface area contributed by atoms with Crippen molar-refractivity contribution in [1.82, 2.24) is 0 Å². The molecule has 0 aliphatic rings. The second-order valence-electron chi connectivity index (χ2n) is 14.3. The van der Waals surface area contributed by atoms with E-state index in [0.29, 0.717) is 0 Å². The average molecular weight is 813 g/mol. The Hall–Kier alpha value is -3.84. The lowest BCUT2D eigenvalue weighted by Crippen LogP contribution is -2.11. The average Bonchev–Trinajstić information content (AvgIpc) is 3.17. The molecule has 6 aromatic carbocycles. The first-order valence-corrected chi connectivity index (χ1v) is 22.5. The van der Waals surface area contributed by atoms with Crippen LogP contribution in [0.15, 0.2) is 199 Å². The summed E-state index contributed by atoms with van der Waals surface area (Å²) in [7, 11) is -4.43. The summed E-state index contributed by atoms with van der Waals surface area (Å²) < 4.78 is 32.6. The molecule has 0 amide bonds. The lowest BCUT2D eigenvalue weighted by atomic mass is 9.87. The third-order valence-electron chi connectivity index (χ3n) is 8.10. The Morgan fingerprint density at radius 3 is 0.945 bits per heavy atom. The third kappa shape index (κ3) is 14.3. The van der Waals surface area contributed by atoms with E-state index in [1.54, 1.807) is 0 Å². The molecule has 0 unspecified atom stereocenters. The normalized spacial score (nSPS) is 11.7. The van der Waals surface area contributed by atoms with Crippen LogP contribution in [-0.2, 0) is 52.1 Å². The van der Waals surface area contributed by atoms with E-state index in [2.05, 4.69) is 221 Å². The van der Waals surface area contributed by atoms with Crippen molar-refractivity contribution in [3.05, 3.63) is 181 Å². The molecule has 0 fully saturated rings. The van der Waals surface area contributed by atoms with Gasteiger partial charge in [0, 0.05) is 12.0 Å². The molecule has 0 aromatic heterocycles. The van der Waals surface area contributed by atoms with E-state index in [0.717, 1.165) is 0 Å². The first kappa shape index (κ1) is 43.9. The summed E-state index contributed by atoms with van der Waals surface area (Å²) in [6.45, 7) is 13.6. The molecule has 55 heavy (non-hydrogen) atoms. The fraction of sp³-hybridized carbons (Fsp3) is 0.200. The topological polar surface area (TPSA) is 98.7 Å². The highest BCUT2D eigenvalue weighted by Gasteiger charge is 2.30. The van der Waals surface area contributed by atoms with Crippen LogP contribution in [-0.4, -0.2) is 18.1 Å². The smallest absolute Gasteiger partial charge is 0.166 e. The Morgan fingerprint density at radius 1 is 0.473 bits per heavy atom. The van der Waals surface area contributed by atoms with Crippen LogP contribution in [0.25, 0.3) is 0 Å². The Labute approximate surface area is 337 Å². The minimum Gasteiger partial charge on any atom is -0.747 e. The van der Waals surface area contributed by atoms with Crippen LogP contribution < -0.4 is 5.26 Å². The largest absolute Gasteiger partial charge is 0.747 e. The van der Waals surface area contributed by atoms with Gasteiger partial charge >= 0.3 is 0 Å². The van der Waals surface area contributed by atoms with Crippen molar-refractivity contribution in [3.63, 3.8) is 0 Å². The zero-order chi connectivity index (χ0) is 39.9. The zero-order valence-corrected chi connectivity index (χ0v) is 35.2. The summed E-state index contributed by atoms with van der Waals surface area (Å²) in [5.41, 5.74) is 3.14. The molecule has 6 aromatic rings. The van der Waals surface area contributed by atoms with Gasteiger partial charge in [-0.25, -0.2) is 8.42 Å². The van der Waals surface area contributed by atoms with Crippen LogP contribution in [0.1, 0.15) is 52.7 Å². The van der Waals surface area contributed by atoms with Crippen molar-refractivity contribution in [2.45, 2.75) is 81.7 Å². The van der Waals surface area contributed by atoms with Gasteiger partial charge in [0.25, 0.3) is 0 Å². The number of rotatable bonds is 10. The van der Waals surface area contributed by atoms with E-state index in [-0.39, 0.29) is 44.7 Å². The van der Waals surface area contributed by atoms with Gasteiger partial charge in [-0.15, -0.1) is 0 Å². The Morgan fingerprint density at radius 2 is 0.727 bits per heavy atom. The lowest BCUT2D eigenvalue weighted by Gasteiger charge is -2.19. The van der Waals surface area contributed by atoms with Gasteiger partial charge in [-0.2, -0.15) is 4.33 Å². The summed E-state index contributed by atoms with van der Waals surface area (Å²) in [6, 6.07) is 61.5. The maximum Gasteiger partial charge on any atom is 0.166 e. The molecule has 0 radical (unpaired) electrons. The molecular weight excluding hydrogens is 765 g/mol. The first-order chi connectivity index (χ1) is 26.2. The number of hydrogen-bond acceptors (Lipinski definition) is 7. The second-order valence-corrected chi connectivity index (χ2v) is 20.8. The highest BCUT2D eigenvalue weighted by atomic mass is 32.3. The molecule has 10 heteroatoms. The van der Waals surface area contributed by atoms with Gasteiger partial charge in [-0.05, 0) is 94.8 Å². The zero-order valence-electron chi connectivity index (χ0n) is 32.0. The summed E-state index contributed by atoms with van der Waals surface area (Å²) in [5.74, 6) is 0. The molecule has 0 aliphatic heterocycles. The molecule has 0 saturated carbocycles. The number of hydrogen-bond donors (Lipinski definition) is 0. The fourth-order valence-electron chi connectivity index (χ4n) is 5.32. The van der Waals surface area contributed by atoms with Crippen molar-refractivity contribution >= 4 is 44.0 Å². The SMILES string of the molecule is CC(C)(C)c1ccc([S+](c2ccccc2)c2ccccc2)cc1.CC(C)(C)c1ccc([S+](c2ccccc2)c2ccccc2)cc1.O=S(=O)([O-])CSOO[O-]. The molecule has 0 bridgehead atoms. The van der Waals surface area contributed by atoms with Crippen LogP contribution in [0.3, 0.4) is 0 Å². The maximum absolute atomic E-state index is 9.69. The molecular formula is C45H48O6S4. The van der Waals surface area contributed by atoms with Gasteiger partial charge < -0.3 is 9.81 Å². The lowest BCUT2D eigenvalue weighted by molar-refractivity contribution is -0.777. The van der Waals surface area contributed by atoms with Crippen LogP contribution in [0.2, 0.25) is 0 Å². The first-order valence-electron chi connectivity index (χ1n) is 17.6. The monoisotopic (exact) mass is 812 g/mol. The van der Waals surface area contributed by atoms with Gasteiger partial charge in [0.15, 0.2) is 29.4 Å². The van der Waals surface area contributed by atoms with Crippen molar-refractivity contribution in [2.24, 2.45) is 0 Å². The molecule has 6 nitrogen and oxygen atoms in total. The van der Waals surface area contributed by atoms with Crippen molar-refractivity contribution in [3.8, 4) is 0 Å². The predicted molar refractivity (Wildman–Crippen MR) is 225 cm³/mol. The summed E-state index contributed by atoms with van der Waals surface area (Å²) in [4.78, 5) is 8.19. The molecule has 288 valence electrons. The van der Waals surface area contributed by atoms with Crippen LogP contribution in [0.4, 0.5) is 0 Å². The second kappa shape index (κ2) is 20.9. The van der Waals surface area contributed by atoms with E-state index in [1.807, 2.05) is 0 Å². The fourth-order valence-corrected chi connectivity index (χ4v) is 10.2. The Bertz CT molecular complexity index is 1870. The van der Waals surface area contributed by atoms with Crippen LogP contribution in [0.5, 0.6) is 0 Å². The summed E-state index contributed by atoms with van der Waals surface area (Å²) in [5, 5.41) is 10.9. The maximum atomic E-state index is 9.69. The van der Waals surface area contributed by atoms with Crippen molar-refractivity contribution in [1.29, 1.82) is 0 Å². The molecule has 0 atom stereocenters. The van der Waals surface area contributed by atoms with Crippen molar-refractivity contribution in [2.75, 3.05) is 5.08 Å². The van der Waals surface area contributed by atoms with E-state index in [9.17, 15) is 13.0 Å². The van der Waals surface area contributed by atoms with Crippen LogP contribution in [0, 0.1) is 0 Å². The van der Waals surface area contributed by atoms with Crippen LogP contribution >= 0.6 is 12.0 Å². The highest BCUT2D eigenvalue weighted by molar-refractivity contribution is 8.07. The standard InChI is InChI=1S/2C22H23S.CH4O6S2/c2*1-22(2,3)18-14-16-21(17-15-18)23(19-10-6-4-7-11-19)20-12-8-5-9-13-20;2-6-7-8-1-9(3,4)5/h2*4-17H,1-3H3;2H,1H2,(H,3,4,5)/q2*+1;/p-2. The van der Waals surface area contributed by atoms with E-state index < -0.39 is 15.2 Å². The van der Waals surface area contributed by atoms with Gasteiger partial charge in [0.05, 0.1) is 21.8 Å². The van der Waals surface area contributed by atoms with Gasteiger partial charge in [0.2, 0.25) is 0 Å². The quantitative estimate of drug-likeness (QED) is 0.0339. The Balaban J connectivity index is 0.000000201. The molecule has 0 saturated heterocycles. The van der Waals surface area contributed by atoms with Gasteiger partial charge in [0.1, 0.15) is 15.2 Å². The molecule has 0 heterocycles. The van der Waals surface area contributed by atoms with Gasteiger partial charge in [-0.1, -0.05) is 139 Å². The highest BCUT2D eigenvalue weighted by Crippen LogP contribution is 2.34. The number of benzene rings is 6. The van der Waals surface area contributed by atoms with E-state index in [1.165, 1.54) is 40.5 Å². The molecule has 0 aliphatic carbocycles. The van der Waals surface area contributed by atoms with Gasteiger partial charge in [-0.3, -0.25) is 5.04 Å². The molecule has 6 rings (SSSR count). The molecule has 0 N–H and O–H groups in total. The summed E-state index contributed by atoms with van der Waals surface area (Å²) in [6.07, 6.45) is 0. The predicted octanol–water partition coefficient (Wildman–Crippen LogP) is 10.5. The minimum absolute atomic E-state index is 0.0497. The van der Waals surface area contributed by atoms with E-state index >= 15 is 0 Å². The minimum atomic E-state index is -4.33. The van der Waals surface area contributed by atoms with E-state index in [4.69, 9.17) is 5.26 Å².